The Kier molecular flexibility index (Phi) is 4.41. The molecule has 2 rings (SSSR count). The molecule has 0 radical (unpaired) electrons. The van der Waals surface area contributed by atoms with Crippen molar-refractivity contribution in [3.63, 3.8) is 0 Å². The van der Waals surface area contributed by atoms with E-state index in [1.54, 1.807) is 11.3 Å². The third kappa shape index (κ3) is 3.37. The second kappa shape index (κ2) is 6.26. The summed E-state index contributed by atoms with van der Waals surface area (Å²) < 4.78 is 7.44. The Morgan fingerprint density at radius 1 is 1.22 bits per heavy atom. The molecule has 0 amide bonds. The highest BCUT2D eigenvalue weighted by Gasteiger charge is 2.06. The first kappa shape index (κ1) is 12.7. The maximum Gasteiger partial charge on any atom is 0.408 e. The molecule has 0 N–H and O–H groups in total. The van der Waals surface area contributed by atoms with E-state index in [1.165, 1.54) is 0 Å². The van der Waals surface area contributed by atoms with Gasteiger partial charge in [-0.1, -0.05) is 6.92 Å². The summed E-state index contributed by atoms with van der Waals surface area (Å²) in [5.74, 6) is 0.873. The van der Waals surface area contributed by atoms with Crippen LogP contribution in [0.5, 0.6) is 5.75 Å². The normalized spacial score (nSPS) is 11.0. The Morgan fingerprint density at radius 2 is 2.00 bits per heavy atom. The van der Waals surface area contributed by atoms with E-state index >= 15 is 0 Å². The van der Waals surface area contributed by atoms with Gasteiger partial charge in [-0.2, -0.15) is 0 Å². The number of hydrogen-bond donors (Lipinski definition) is 0. The van der Waals surface area contributed by atoms with Gasteiger partial charge in [0.1, 0.15) is 17.6 Å². The van der Waals surface area contributed by atoms with Crippen LogP contribution in [0.15, 0.2) is 46.1 Å². The Balaban J connectivity index is 2.02. The van der Waals surface area contributed by atoms with Crippen LogP contribution in [0.4, 0.5) is 10.8 Å². The lowest BCUT2D eigenvalue weighted by atomic mass is 10.3. The van der Waals surface area contributed by atoms with Crippen LogP contribution in [0, 0.1) is 0 Å². The summed E-state index contributed by atoms with van der Waals surface area (Å²) in [7, 11) is 1.95. The van der Waals surface area contributed by atoms with Crippen LogP contribution in [0.1, 0.15) is 13.3 Å². The maximum atomic E-state index is 5.51. The molecule has 2 aromatic rings. The minimum atomic E-state index is 0.742. The number of aromatic nitrogens is 1. The molecule has 0 aliphatic rings. The lowest BCUT2D eigenvalue weighted by Gasteiger charge is -2.02. The van der Waals surface area contributed by atoms with Gasteiger partial charge in [-0.3, -0.25) is 0 Å². The molecule has 0 bridgehead atoms. The average molecular weight is 262 g/mol. The van der Waals surface area contributed by atoms with Crippen molar-refractivity contribution in [2.45, 2.75) is 13.3 Å². The Morgan fingerprint density at radius 3 is 2.61 bits per heavy atom. The van der Waals surface area contributed by atoms with E-state index in [4.69, 9.17) is 4.74 Å². The quantitative estimate of drug-likeness (QED) is 0.597. The van der Waals surface area contributed by atoms with Crippen LogP contribution in [0.3, 0.4) is 0 Å². The van der Waals surface area contributed by atoms with Crippen LogP contribution in [0.25, 0.3) is 0 Å². The summed E-state index contributed by atoms with van der Waals surface area (Å²) in [6.07, 6.45) is 2.97. The SMILES string of the molecule is CCCOc1ccc(N=Nc2scc[n+]2C)cc1. The third-order valence-corrected chi connectivity index (χ3v) is 3.16. The molecule has 94 valence electrons. The highest BCUT2D eigenvalue weighted by Crippen LogP contribution is 2.21. The Labute approximate surface area is 111 Å². The fraction of sp³-hybridized carbons (Fsp3) is 0.308. The van der Waals surface area contributed by atoms with Crippen molar-refractivity contribution in [2.75, 3.05) is 6.61 Å². The number of nitrogens with zero attached hydrogens (tertiary/aromatic N) is 3. The van der Waals surface area contributed by atoms with Gasteiger partial charge in [-0.05, 0) is 47.1 Å². The molecular formula is C13H16N3OS+. The van der Waals surface area contributed by atoms with Gasteiger partial charge < -0.3 is 4.74 Å². The van der Waals surface area contributed by atoms with Crippen LogP contribution in [0.2, 0.25) is 0 Å². The van der Waals surface area contributed by atoms with E-state index in [2.05, 4.69) is 17.2 Å². The molecule has 4 nitrogen and oxygen atoms in total. The number of thiazole rings is 1. The molecule has 0 aliphatic carbocycles. The van der Waals surface area contributed by atoms with Crippen molar-refractivity contribution in [1.82, 2.24) is 0 Å². The topological polar surface area (TPSA) is 37.8 Å². The molecule has 0 fully saturated rings. The van der Waals surface area contributed by atoms with Crippen molar-refractivity contribution in [1.29, 1.82) is 0 Å². The Hall–Kier alpha value is -1.75. The summed E-state index contributed by atoms with van der Waals surface area (Å²) in [5, 5.41) is 11.2. The fourth-order valence-corrected chi connectivity index (χ4v) is 2.03. The predicted octanol–water partition coefficient (Wildman–Crippen LogP) is 3.78. The van der Waals surface area contributed by atoms with Crippen LogP contribution >= 0.6 is 11.3 Å². The number of aryl methyl sites for hydroxylation is 1. The second-order valence-corrected chi connectivity index (χ2v) is 4.71. The number of rotatable bonds is 5. The molecule has 5 heteroatoms. The fourth-order valence-electron chi connectivity index (χ4n) is 1.35. The van der Waals surface area contributed by atoms with E-state index in [0.29, 0.717) is 0 Å². The molecule has 1 heterocycles. The zero-order chi connectivity index (χ0) is 12.8. The van der Waals surface area contributed by atoms with Gasteiger partial charge in [0.15, 0.2) is 0 Å². The molecule has 1 aromatic heterocycles. The van der Waals surface area contributed by atoms with Gasteiger partial charge in [0.05, 0.1) is 18.8 Å². The summed E-state index contributed by atoms with van der Waals surface area (Å²) in [4.78, 5) is 0. The average Bonchev–Trinajstić information content (AvgIpc) is 2.81. The van der Waals surface area contributed by atoms with E-state index in [1.807, 2.05) is 47.5 Å². The molecular weight excluding hydrogens is 246 g/mol. The number of ether oxygens (including phenoxy) is 1. The van der Waals surface area contributed by atoms with Crippen LogP contribution in [-0.2, 0) is 7.05 Å². The monoisotopic (exact) mass is 262 g/mol. The summed E-state index contributed by atoms with van der Waals surface area (Å²) in [6, 6.07) is 7.64. The molecule has 1 aromatic carbocycles. The number of hydrogen-bond acceptors (Lipinski definition) is 4. The minimum absolute atomic E-state index is 0.742. The Bertz CT molecular complexity index is 519. The van der Waals surface area contributed by atoms with Gasteiger partial charge in [0, 0.05) is 5.38 Å². The second-order valence-electron chi connectivity index (χ2n) is 3.84. The van der Waals surface area contributed by atoms with Crippen molar-refractivity contribution < 1.29 is 9.30 Å². The number of benzene rings is 1. The highest BCUT2D eigenvalue weighted by atomic mass is 32.1. The van der Waals surface area contributed by atoms with Gasteiger partial charge >= 0.3 is 5.13 Å². The maximum absolute atomic E-state index is 5.51. The number of azo groups is 1. The van der Waals surface area contributed by atoms with Crippen molar-refractivity contribution in [2.24, 2.45) is 17.3 Å². The lowest BCUT2D eigenvalue weighted by Crippen LogP contribution is -2.23. The predicted molar refractivity (Wildman–Crippen MR) is 71.9 cm³/mol. The first-order valence-corrected chi connectivity index (χ1v) is 6.75. The molecule has 18 heavy (non-hydrogen) atoms. The lowest BCUT2D eigenvalue weighted by molar-refractivity contribution is -0.654. The zero-order valence-electron chi connectivity index (χ0n) is 10.5. The molecule has 0 spiro atoms. The van der Waals surface area contributed by atoms with Crippen molar-refractivity contribution in [3.8, 4) is 5.75 Å². The summed E-state index contributed by atoms with van der Waals surface area (Å²) in [6.45, 7) is 2.83. The summed E-state index contributed by atoms with van der Waals surface area (Å²) in [5.41, 5.74) is 0.826. The van der Waals surface area contributed by atoms with Gasteiger partial charge in [-0.15, -0.1) is 0 Å². The molecule has 0 aliphatic heterocycles. The molecule has 0 unspecified atom stereocenters. The van der Waals surface area contributed by atoms with Crippen LogP contribution in [-0.4, -0.2) is 6.61 Å². The van der Waals surface area contributed by atoms with Crippen molar-refractivity contribution in [3.05, 3.63) is 35.8 Å². The van der Waals surface area contributed by atoms with E-state index in [0.717, 1.165) is 29.6 Å². The van der Waals surface area contributed by atoms with Crippen molar-refractivity contribution >= 4 is 22.2 Å². The van der Waals surface area contributed by atoms with E-state index < -0.39 is 0 Å². The van der Waals surface area contributed by atoms with Gasteiger partial charge in [0.2, 0.25) is 0 Å². The minimum Gasteiger partial charge on any atom is -0.494 e. The smallest absolute Gasteiger partial charge is 0.408 e. The van der Waals surface area contributed by atoms with Gasteiger partial charge in [0.25, 0.3) is 0 Å². The largest absolute Gasteiger partial charge is 0.494 e. The molecule has 0 saturated heterocycles. The standard InChI is InChI=1S/C13H16N3OS/c1-3-9-17-12-6-4-11(5-7-12)14-15-13-16(2)8-10-18-13/h4-8,10H,3,9H2,1-2H3/q+1. The first-order chi connectivity index (χ1) is 8.79. The highest BCUT2D eigenvalue weighted by molar-refractivity contribution is 7.12. The van der Waals surface area contributed by atoms with Gasteiger partial charge in [-0.25, -0.2) is 4.57 Å². The van der Waals surface area contributed by atoms with E-state index in [9.17, 15) is 0 Å². The van der Waals surface area contributed by atoms with E-state index in [-0.39, 0.29) is 0 Å². The first-order valence-electron chi connectivity index (χ1n) is 5.87. The molecule has 0 atom stereocenters. The third-order valence-electron chi connectivity index (χ3n) is 2.32. The summed E-state index contributed by atoms with van der Waals surface area (Å²) >= 11 is 1.56. The molecule has 0 saturated carbocycles. The zero-order valence-corrected chi connectivity index (χ0v) is 11.4. The van der Waals surface area contributed by atoms with Crippen LogP contribution < -0.4 is 9.30 Å².